The number of thioether (sulfide) groups is 1. The van der Waals surface area contributed by atoms with Crippen molar-refractivity contribution in [1.82, 2.24) is 0 Å². The largest absolute Gasteiger partial charge is 0.417 e. The Morgan fingerprint density at radius 3 is 2.19 bits per heavy atom. The van der Waals surface area contributed by atoms with E-state index in [2.05, 4.69) is 0 Å². The first-order valence-electron chi connectivity index (χ1n) is 7.18. The molecule has 3 rings (SSSR count). The molecule has 2 aromatic rings. The summed E-state index contributed by atoms with van der Waals surface area (Å²) in [5.74, 6) is -0.781. The summed E-state index contributed by atoms with van der Waals surface area (Å²) >= 11 is 18.2. The molecule has 2 aromatic carbocycles. The Morgan fingerprint density at radius 2 is 1.59 bits per heavy atom. The van der Waals surface area contributed by atoms with Gasteiger partial charge in [0.2, 0.25) is 0 Å². The Morgan fingerprint density at radius 1 is 0.963 bits per heavy atom. The molecule has 0 N–H and O–H groups in total. The molecular weight excluding hydrogens is 446 g/mol. The van der Waals surface area contributed by atoms with Crippen LogP contribution < -0.4 is 4.90 Å². The van der Waals surface area contributed by atoms with Crippen LogP contribution in [0.3, 0.4) is 0 Å². The predicted molar refractivity (Wildman–Crippen MR) is 101 cm³/mol. The number of hydrogen-bond donors (Lipinski definition) is 0. The Hall–Kier alpha value is -1.67. The smallest absolute Gasteiger partial charge is 0.268 e. The topological polar surface area (TPSA) is 37.4 Å². The molecule has 0 saturated carbocycles. The van der Waals surface area contributed by atoms with Crippen molar-refractivity contribution < 1.29 is 22.8 Å². The van der Waals surface area contributed by atoms with Gasteiger partial charge in [-0.2, -0.15) is 13.2 Å². The van der Waals surface area contributed by atoms with Crippen LogP contribution in [-0.2, 0) is 11.0 Å². The number of hydrogen-bond acceptors (Lipinski definition) is 3. The zero-order valence-electron chi connectivity index (χ0n) is 13.0. The second kappa shape index (κ2) is 7.39. The second-order valence-corrected chi connectivity index (χ2v) is 7.53. The van der Waals surface area contributed by atoms with Gasteiger partial charge in [-0.1, -0.05) is 40.9 Å². The highest BCUT2D eigenvalue weighted by molar-refractivity contribution is 8.19. The van der Waals surface area contributed by atoms with E-state index < -0.39 is 27.9 Å². The Bertz CT molecular complexity index is 972. The summed E-state index contributed by atoms with van der Waals surface area (Å²) in [5, 5.41) is -0.748. The average Bonchev–Trinajstić information content (AvgIpc) is 2.85. The molecule has 1 aliphatic heterocycles. The number of alkyl halides is 3. The molecule has 0 radical (unpaired) electrons. The first-order chi connectivity index (χ1) is 12.6. The average molecular weight is 453 g/mol. The van der Waals surface area contributed by atoms with E-state index in [1.807, 2.05) is 0 Å². The molecule has 0 bridgehead atoms. The number of imide groups is 1. The number of rotatable bonds is 2. The van der Waals surface area contributed by atoms with E-state index in [1.165, 1.54) is 12.1 Å². The number of carbonyl (C=O) groups is 2. The molecule has 1 aliphatic rings. The van der Waals surface area contributed by atoms with Crippen LogP contribution >= 0.6 is 46.6 Å². The molecule has 1 fully saturated rings. The predicted octanol–water partition coefficient (Wildman–Crippen LogP) is 6.91. The third-order valence-corrected chi connectivity index (χ3v) is 5.44. The van der Waals surface area contributed by atoms with Gasteiger partial charge in [-0.25, -0.2) is 4.90 Å². The van der Waals surface area contributed by atoms with E-state index in [0.717, 1.165) is 6.07 Å². The Kier molecular flexibility index (Phi) is 5.49. The van der Waals surface area contributed by atoms with Crippen LogP contribution in [0.4, 0.5) is 23.7 Å². The Labute approximate surface area is 170 Å². The fraction of sp³-hybridized carbons (Fsp3) is 0.0588. The van der Waals surface area contributed by atoms with Crippen LogP contribution in [0.2, 0.25) is 15.1 Å². The van der Waals surface area contributed by atoms with E-state index in [0.29, 0.717) is 28.3 Å². The van der Waals surface area contributed by atoms with Crippen LogP contribution in [0.25, 0.3) is 6.08 Å². The number of benzene rings is 2. The number of amides is 2. The minimum Gasteiger partial charge on any atom is -0.268 e. The maximum absolute atomic E-state index is 13.0. The van der Waals surface area contributed by atoms with Gasteiger partial charge in [-0.05, 0) is 48.2 Å². The SMILES string of the molecule is O=C1S/C(=C\c2c(Cl)cccc2Cl)C(=O)N1c1ccc(Cl)c(C(F)(F)F)c1. The molecular formula is C17H7Cl3F3NO2S. The minimum absolute atomic E-state index is 0.0153. The van der Waals surface area contributed by atoms with Crippen molar-refractivity contribution in [3.63, 3.8) is 0 Å². The lowest BCUT2D eigenvalue weighted by Gasteiger charge is -2.16. The number of anilines is 1. The van der Waals surface area contributed by atoms with Crippen LogP contribution in [0, 0.1) is 0 Å². The monoisotopic (exact) mass is 451 g/mol. The van der Waals surface area contributed by atoms with Gasteiger partial charge in [0.05, 0.1) is 21.2 Å². The van der Waals surface area contributed by atoms with Crippen molar-refractivity contribution in [3.8, 4) is 0 Å². The van der Waals surface area contributed by atoms with E-state index in [1.54, 1.807) is 18.2 Å². The zero-order valence-corrected chi connectivity index (χ0v) is 16.1. The van der Waals surface area contributed by atoms with Gasteiger partial charge in [0.25, 0.3) is 11.1 Å². The molecule has 0 aliphatic carbocycles. The standard InChI is InChI=1S/C17H7Cl3F3NO2S/c18-11-2-1-3-12(19)9(11)7-14-15(25)24(16(26)27-14)8-4-5-13(20)10(6-8)17(21,22)23/h1-7H/b14-7-. The van der Waals surface area contributed by atoms with Gasteiger partial charge in [-0.3, -0.25) is 9.59 Å². The summed E-state index contributed by atoms with van der Waals surface area (Å²) in [6, 6.07) is 7.53. The molecule has 0 spiro atoms. The molecule has 0 unspecified atom stereocenters. The third kappa shape index (κ3) is 3.96. The lowest BCUT2D eigenvalue weighted by molar-refractivity contribution is -0.137. The maximum Gasteiger partial charge on any atom is 0.417 e. The van der Waals surface area contributed by atoms with E-state index in [4.69, 9.17) is 34.8 Å². The molecule has 27 heavy (non-hydrogen) atoms. The van der Waals surface area contributed by atoms with Gasteiger partial charge < -0.3 is 0 Å². The van der Waals surface area contributed by atoms with Crippen molar-refractivity contribution in [2.45, 2.75) is 6.18 Å². The van der Waals surface area contributed by atoms with E-state index in [-0.39, 0.29) is 20.6 Å². The maximum atomic E-state index is 13.0. The molecule has 140 valence electrons. The van der Waals surface area contributed by atoms with Gasteiger partial charge in [0.15, 0.2) is 0 Å². The molecule has 0 aromatic heterocycles. The molecule has 1 heterocycles. The first-order valence-corrected chi connectivity index (χ1v) is 9.13. The van der Waals surface area contributed by atoms with Crippen LogP contribution in [0.1, 0.15) is 11.1 Å². The first kappa shape index (κ1) is 20.1. The molecule has 1 saturated heterocycles. The van der Waals surface area contributed by atoms with E-state index >= 15 is 0 Å². The number of carbonyl (C=O) groups excluding carboxylic acids is 2. The fourth-order valence-electron chi connectivity index (χ4n) is 2.34. The lowest BCUT2D eigenvalue weighted by atomic mass is 10.1. The fourth-order valence-corrected chi connectivity index (χ4v) is 3.89. The summed E-state index contributed by atoms with van der Waals surface area (Å²) in [4.78, 5) is 25.5. The van der Waals surface area contributed by atoms with Crippen molar-refractivity contribution in [2.75, 3.05) is 4.90 Å². The van der Waals surface area contributed by atoms with Crippen molar-refractivity contribution in [3.05, 3.63) is 67.5 Å². The summed E-state index contributed by atoms with van der Waals surface area (Å²) < 4.78 is 39.1. The van der Waals surface area contributed by atoms with Gasteiger partial charge >= 0.3 is 6.18 Å². The highest BCUT2D eigenvalue weighted by atomic mass is 35.5. The second-order valence-electron chi connectivity index (χ2n) is 5.31. The quantitative estimate of drug-likeness (QED) is 0.465. The van der Waals surface area contributed by atoms with Crippen molar-refractivity contribution in [2.24, 2.45) is 0 Å². The number of nitrogens with zero attached hydrogens (tertiary/aromatic N) is 1. The van der Waals surface area contributed by atoms with Gasteiger partial charge in [0.1, 0.15) is 0 Å². The summed E-state index contributed by atoms with van der Waals surface area (Å²) in [5.41, 5.74) is -1.04. The van der Waals surface area contributed by atoms with Crippen LogP contribution in [0.15, 0.2) is 41.3 Å². The molecule has 3 nitrogen and oxygen atoms in total. The molecule has 0 atom stereocenters. The summed E-state index contributed by atoms with van der Waals surface area (Å²) in [6.07, 6.45) is -3.40. The highest BCUT2D eigenvalue weighted by Gasteiger charge is 2.39. The Balaban J connectivity index is 2.02. The van der Waals surface area contributed by atoms with Crippen LogP contribution in [-0.4, -0.2) is 11.1 Å². The lowest BCUT2D eigenvalue weighted by Crippen LogP contribution is -2.28. The summed E-state index contributed by atoms with van der Waals surface area (Å²) in [7, 11) is 0. The molecule has 2 amide bonds. The third-order valence-electron chi connectivity index (χ3n) is 3.58. The number of halogens is 6. The highest BCUT2D eigenvalue weighted by Crippen LogP contribution is 2.41. The van der Waals surface area contributed by atoms with Crippen molar-refractivity contribution >= 4 is 69.5 Å². The summed E-state index contributed by atoms with van der Waals surface area (Å²) in [6.45, 7) is 0. The normalized spacial score (nSPS) is 16.5. The van der Waals surface area contributed by atoms with E-state index in [9.17, 15) is 22.8 Å². The van der Waals surface area contributed by atoms with Crippen molar-refractivity contribution in [1.29, 1.82) is 0 Å². The van der Waals surface area contributed by atoms with Gasteiger partial charge in [0, 0.05) is 15.6 Å². The zero-order chi connectivity index (χ0) is 19.9. The van der Waals surface area contributed by atoms with Gasteiger partial charge in [-0.15, -0.1) is 0 Å². The molecule has 10 heteroatoms. The van der Waals surface area contributed by atoms with Crippen LogP contribution in [0.5, 0.6) is 0 Å². The minimum atomic E-state index is -4.73.